The Hall–Kier alpha value is -1.14. The number of thiazole rings is 1. The van der Waals surface area contributed by atoms with E-state index in [0.717, 1.165) is 63.4 Å². The summed E-state index contributed by atoms with van der Waals surface area (Å²) in [7, 11) is 0. The van der Waals surface area contributed by atoms with E-state index in [0.29, 0.717) is 0 Å². The fraction of sp³-hybridized carbons (Fsp3) is 0.778. The monoisotopic (exact) mass is 354 g/mol. The molecule has 0 unspecified atom stereocenters. The largest absolute Gasteiger partial charge is 0.396 e. The number of nitrogens with one attached hydrogen (secondary N) is 2. The van der Waals surface area contributed by atoms with Crippen LogP contribution in [0.2, 0.25) is 0 Å². The minimum Gasteiger partial charge on any atom is -0.396 e. The topological polar surface area (TPSA) is 69.5 Å². The van der Waals surface area contributed by atoms with Gasteiger partial charge in [0, 0.05) is 43.7 Å². The van der Waals surface area contributed by atoms with Gasteiger partial charge in [-0.25, -0.2) is 4.98 Å². The second kappa shape index (κ2) is 11.4. The molecule has 1 aromatic heterocycles. The number of aliphatic hydroxyl groups excluding tert-OH is 1. The van der Waals surface area contributed by atoms with Crippen molar-refractivity contribution in [2.45, 2.75) is 59.8 Å². The van der Waals surface area contributed by atoms with E-state index in [1.54, 1.807) is 11.3 Å². The lowest BCUT2D eigenvalue weighted by Gasteiger charge is -2.29. The molecule has 1 aromatic rings. The summed E-state index contributed by atoms with van der Waals surface area (Å²) >= 11 is 1.74. The molecule has 0 amide bonds. The smallest absolute Gasteiger partial charge is 0.191 e. The van der Waals surface area contributed by atoms with Gasteiger partial charge in [0.2, 0.25) is 0 Å². The van der Waals surface area contributed by atoms with Gasteiger partial charge in [0.15, 0.2) is 5.96 Å². The number of aryl methyl sites for hydroxylation is 2. The Morgan fingerprint density at radius 3 is 2.58 bits per heavy atom. The van der Waals surface area contributed by atoms with Crippen LogP contribution in [0.4, 0.5) is 0 Å². The molecule has 0 aromatic carbocycles. The van der Waals surface area contributed by atoms with E-state index >= 15 is 0 Å². The number of rotatable bonds is 11. The molecule has 0 radical (unpaired) electrons. The van der Waals surface area contributed by atoms with Crippen molar-refractivity contribution in [3.8, 4) is 0 Å². The molecule has 5 nitrogen and oxygen atoms in total. The van der Waals surface area contributed by atoms with Gasteiger partial charge in [-0.2, -0.15) is 0 Å². The van der Waals surface area contributed by atoms with Gasteiger partial charge in [-0.1, -0.05) is 13.8 Å². The zero-order valence-electron chi connectivity index (χ0n) is 15.7. The summed E-state index contributed by atoms with van der Waals surface area (Å²) in [5.41, 5.74) is 1.22. The molecule has 6 heteroatoms. The fourth-order valence-corrected chi connectivity index (χ4v) is 3.51. The molecule has 0 saturated heterocycles. The number of hydrogen-bond donors (Lipinski definition) is 3. The quantitative estimate of drug-likeness (QED) is 0.324. The number of aromatic nitrogens is 1. The first-order valence-electron chi connectivity index (χ1n) is 9.13. The molecule has 0 aliphatic heterocycles. The lowest BCUT2D eigenvalue weighted by atomic mass is 9.79. The fourth-order valence-electron chi connectivity index (χ4n) is 2.70. The first kappa shape index (κ1) is 20.9. The van der Waals surface area contributed by atoms with Crippen LogP contribution in [0.3, 0.4) is 0 Å². The normalized spacial score (nSPS) is 12.5. The maximum absolute atomic E-state index is 9.33. The highest BCUT2D eigenvalue weighted by Gasteiger charge is 2.25. The van der Waals surface area contributed by atoms with Gasteiger partial charge in [0.25, 0.3) is 0 Å². The summed E-state index contributed by atoms with van der Waals surface area (Å²) in [6, 6.07) is 0. The van der Waals surface area contributed by atoms with Gasteiger partial charge >= 0.3 is 0 Å². The minimum atomic E-state index is 0.107. The lowest BCUT2D eigenvalue weighted by molar-refractivity contribution is 0.175. The van der Waals surface area contributed by atoms with Gasteiger partial charge in [-0.3, -0.25) is 4.99 Å². The Labute approximate surface area is 151 Å². The van der Waals surface area contributed by atoms with Crippen molar-refractivity contribution in [3.63, 3.8) is 0 Å². The molecule has 1 rings (SSSR count). The summed E-state index contributed by atoms with van der Waals surface area (Å²) in [4.78, 5) is 9.26. The molecular weight excluding hydrogens is 320 g/mol. The van der Waals surface area contributed by atoms with E-state index in [-0.39, 0.29) is 12.0 Å². The van der Waals surface area contributed by atoms with Crippen molar-refractivity contribution >= 4 is 17.3 Å². The summed E-state index contributed by atoms with van der Waals surface area (Å²) < 4.78 is 0. The Morgan fingerprint density at radius 2 is 2.04 bits per heavy atom. The lowest BCUT2D eigenvalue weighted by Crippen LogP contribution is -2.39. The molecule has 0 aliphatic rings. The van der Waals surface area contributed by atoms with Crippen LogP contribution in [0.1, 0.15) is 57.2 Å². The van der Waals surface area contributed by atoms with Gasteiger partial charge in [-0.15, -0.1) is 11.3 Å². The molecule has 138 valence electrons. The summed E-state index contributed by atoms with van der Waals surface area (Å²) in [5.74, 6) is 0.872. The molecule has 0 fully saturated rings. The van der Waals surface area contributed by atoms with Crippen LogP contribution in [0.15, 0.2) is 10.4 Å². The van der Waals surface area contributed by atoms with Crippen molar-refractivity contribution < 1.29 is 5.11 Å². The van der Waals surface area contributed by atoms with Crippen LogP contribution in [-0.4, -0.2) is 42.3 Å². The Morgan fingerprint density at radius 1 is 1.29 bits per heavy atom. The Balaban J connectivity index is 2.49. The predicted octanol–water partition coefficient (Wildman–Crippen LogP) is 3.13. The number of hydrogen-bond acceptors (Lipinski definition) is 4. The molecule has 0 saturated carbocycles. The van der Waals surface area contributed by atoms with Crippen molar-refractivity contribution in [2.24, 2.45) is 10.4 Å². The zero-order chi connectivity index (χ0) is 17.8. The van der Waals surface area contributed by atoms with E-state index in [1.165, 1.54) is 5.01 Å². The second-order valence-corrected chi connectivity index (χ2v) is 7.23. The highest BCUT2D eigenvalue weighted by atomic mass is 32.1. The van der Waals surface area contributed by atoms with E-state index in [2.05, 4.69) is 41.8 Å². The van der Waals surface area contributed by atoms with Crippen LogP contribution >= 0.6 is 11.3 Å². The van der Waals surface area contributed by atoms with Crippen molar-refractivity contribution in [2.75, 3.05) is 26.2 Å². The number of aliphatic imine (C=N–C) groups is 1. The molecule has 1 heterocycles. The van der Waals surface area contributed by atoms with Crippen LogP contribution in [-0.2, 0) is 6.42 Å². The van der Waals surface area contributed by atoms with Crippen LogP contribution in [0, 0.1) is 12.3 Å². The molecular formula is C18H34N4OS. The third kappa shape index (κ3) is 7.18. The third-order valence-electron chi connectivity index (χ3n) is 4.59. The third-order valence-corrected chi connectivity index (χ3v) is 5.61. The number of aliphatic hydroxyl groups is 1. The van der Waals surface area contributed by atoms with Gasteiger partial charge in [0.1, 0.15) is 0 Å². The zero-order valence-corrected chi connectivity index (χ0v) is 16.5. The molecule has 3 N–H and O–H groups in total. The summed E-state index contributed by atoms with van der Waals surface area (Å²) in [6.07, 6.45) is 4.93. The van der Waals surface area contributed by atoms with Gasteiger partial charge in [0.05, 0.1) is 5.01 Å². The summed E-state index contributed by atoms with van der Waals surface area (Å²) in [5, 5.41) is 19.4. The maximum Gasteiger partial charge on any atom is 0.191 e. The first-order chi connectivity index (χ1) is 11.6. The predicted molar refractivity (Wildman–Crippen MR) is 104 cm³/mol. The molecule has 0 bridgehead atoms. The first-order valence-corrected chi connectivity index (χ1v) is 10.0. The second-order valence-electron chi connectivity index (χ2n) is 6.29. The van der Waals surface area contributed by atoms with E-state index < -0.39 is 0 Å². The SMILES string of the molecule is CCNC(=NCC(CC)(CC)CCO)NCCCc1nc(C)cs1. The highest BCUT2D eigenvalue weighted by Crippen LogP contribution is 2.30. The average molecular weight is 355 g/mol. The number of nitrogens with zero attached hydrogens (tertiary/aromatic N) is 2. The maximum atomic E-state index is 9.33. The minimum absolute atomic E-state index is 0.107. The Bertz CT molecular complexity index is 483. The molecule has 0 aliphatic carbocycles. The van der Waals surface area contributed by atoms with Crippen molar-refractivity contribution in [3.05, 3.63) is 16.1 Å². The Kier molecular flexibility index (Phi) is 9.95. The van der Waals surface area contributed by atoms with E-state index in [9.17, 15) is 5.11 Å². The highest BCUT2D eigenvalue weighted by molar-refractivity contribution is 7.09. The average Bonchev–Trinajstić information content (AvgIpc) is 3.00. The van der Waals surface area contributed by atoms with Crippen LogP contribution in [0.25, 0.3) is 0 Å². The standard InChI is InChI=1S/C18H34N4OS/c1-5-18(6-2,10-12-23)14-21-17(19-7-3)20-11-8-9-16-22-15(4)13-24-16/h13,23H,5-12,14H2,1-4H3,(H2,19,20,21). The van der Waals surface area contributed by atoms with Crippen molar-refractivity contribution in [1.82, 2.24) is 15.6 Å². The van der Waals surface area contributed by atoms with E-state index in [4.69, 9.17) is 4.99 Å². The van der Waals surface area contributed by atoms with Crippen LogP contribution in [0.5, 0.6) is 0 Å². The molecule has 0 atom stereocenters. The number of guanidine groups is 1. The molecule has 0 spiro atoms. The van der Waals surface area contributed by atoms with Crippen molar-refractivity contribution in [1.29, 1.82) is 0 Å². The van der Waals surface area contributed by atoms with E-state index in [1.807, 2.05) is 6.92 Å². The summed E-state index contributed by atoms with van der Waals surface area (Å²) in [6.45, 7) is 11.2. The van der Waals surface area contributed by atoms with Gasteiger partial charge < -0.3 is 15.7 Å². The molecule has 24 heavy (non-hydrogen) atoms. The van der Waals surface area contributed by atoms with Gasteiger partial charge in [-0.05, 0) is 44.9 Å². The van der Waals surface area contributed by atoms with Crippen LogP contribution < -0.4 is 10.6 Å².